The van der Waals surface area contributed by atoms with Crippen LogP contribution in [0.15, 0.2) is 48.5 Å². The van der Waals surface area contributed by atoms with Gasteiger partial charge in [0.2, 0.25) is 5.91 Å². The Bertz CT molecular complexity index is 752. The molecule has 0 saturated carbocycles. The zero-order chi connectivity index (χ0) is 18.2. The van der Waals surface area contributed by atoms with Gasteiger partial charge in [-0.1, -0.05) is 17.7 Å². The maximum absolute atomic E-state index is 12.2. The van der Waals surface area contributed by atoms with Crippen molar-refractivity contribution in [2.75, 3.05) is 17.7 Å². The van der Waals surface area contributed by atoms with Crippen LogP contribution in [0.4, 0.5) is 11.4 Å². The first-order valence-electron chi connectivity index (χ1n) is 7.82. The number of hydrogen-bond donors (Lipinski definition) is 2. The minimum atomic E-state index is -0.432. The van der Waals surface area contributed by atoms with E-state index in [2.05, 4.69) is 15.4 Å². The Labute approximate surface area is 146 Å². The molecule has 0 radical (unpaired) electrons. The van der Waals surface area contributed by atoms with Crippen molar-refractivity contribution in [3.05, 3.63) is 59.7 Å². The lowest BCUT2D eigenvalue weighted by molar-refractivity contribution is -0.141. The zero-order valence-electron chi connectivity index (χ0n) is 14.2. The summed E-state index contributed by atoms with van der Waals surface area (Å²) in [6.07, 6.45) is 0.0711. The molecule has 2 amide bonds. The number of rotatable bonds is 6. The Morgan fingerprint density at radius 2 is 1.40 bits per heavy atom. The Morgan fingerprint density at radius 1 is 0.840 bits per heavy atom. The average Bonchev–Trinajstić information content (AvgIpc) is 2.62. The first-order valence-corrected chi connectivity index (χ1v) is 7.82. The number of nitrogens with one attached hydrogen (secondary N) is 2. The number of aryl methyl sites for hydroxylation is 1. The quantitative estimate of drug-likeness (QED) is 0.791. The Balaban J connectivity index is 1.90. The number of methoxy groups -OCH3 is 1. The highest BCUT2D eigenvalue weighted by Crippen LogP contribution is 2.14. The smallest absolute Gasteiger partial charge is 0.306 e. The van der Waals surface area contributed by atoms with E-state index in [9.17, 15) is 14.4 Å². The minimum Gasteiger partial charge on any atom is -0.469 e. The predicted octanol–water partition coefficient (Wildman–Crippen LogP) is 3.14. The van der Waals surface area contributed by atoms with Crippen LogP contribution in [-0.4, -0.2) is 24.9 Å². The van der Waals surface area contributed by atoms with Crippen LogP contribution in [-0.2, 0) is 14.3 Å². The van der Waals surface area contributed by atoms with Crippen LogP contribution in [0.1, 0.15) is 28.8 Å². The van der Waals surface area contributed by atoms with Crippen LogP contribution in [0, 0.1) is 6.92 Å². The predicted molar refractivity (Wildman–Crippen MR) is 95.5 cm³/mol. The summed E-state index contributed by atoms with van der Waals surface area (Å²) in [5.74, 6) is -0.951. The molecule has 0 saturated heterocycles. The van der Waals surface area contributed by atoms with Crippen molar-refractivity contribution < 1.29 is 19.1 Å². The normalized spacial score (nSPS) is 10.0. The highest BCUT2D eigenvalue weighted by Gasteiger charge is 2.09. The fourth-order valence-corrected chi connectivity index (χ4v) is 2.09. The van der Waals surface area contributed by atoms with Crippen LogP contribution in [0.2, 0.25) is 0 Å². The van der Waals surface area contributed by atoms with Crippen LogP contribution >= 0.6 is 0 Å². The van der Waals surface area contributed by atoms with Gasteiger partial charge in [-0.3, -0.25) is 14.4 Å². The molecule has 0 aliphatic heterocycles. The Kier molecular flexibility index (Phi) is 6.28. The van der Waals surface area contributed by atoms with Gasteiger partial charge in [0.1, 0.15) is 0 Å². The summed E-state index contributed by atoms with van der Waals surface area (Å²) in [6, 6.07) is 14.0. The van der Waals surface area contributed by atoms with Gasteiger partial charge in [-0.05, 0) is 43.3 Å². The van der Waals surface area contributed by atoms with Crippen molar-refractivity contribution in [3.8, 4) is 0 Å². The van der Waals surface area contributed by atoms with E-state index in [1.54, 1.807) is 24.3 Å². The molecule has 0 unspecified atom stereocenters. The topological polar surface area (TPSA) is 84.5 Å². The molecule has 2 aromatic carbocycles. The maximum atomic E-state index is 12.2. The summed E-state index contributed by atoms with van der Waals surface area (Å²) >= 11 is 0. The number of benzene rings is 2. The SMILES string of the molecule is COC(=O)CCC(=O)Nc1ccc(C(=O)Nc2ccc(C)cc2)cc1. The number of carbonyl (C=O) groups excluding carboxylic acids is 3. The van der Waals surface area contributed by atoms with Gasteiger partial charge >= 0.3 is 5.97 Å². The van der Waals surface area contributed by atoms with Crippen molar-refractivity contribution in [1.82, 2.24) is 0 Å². The first-order chi connectivity index (χ1) is 12.0. The number of hydrogen-bond acceptors (Lipinski definition) is 4. The molecule has 6 heteroatoms. The highest BCUT2D eigenvalue weighted by atomic mass is 16.5. The summed E-state index contributed by atoms with van der Waals surface area (Å²) in [5, 5.41) is 5.47. The number of ether oxygens (including phenoxy) is 1. The third-order valence-corrected chi connectivity index (χ3v) is 3.52. The monoisotopic (exact) mass is 340 g/mol. The van der Waals surface area contributed by atoms with Crippen molar-refractivity contribution in [3.63, 3.8) is 0 Å². The number of anilines is 2. The molecule has 0 aromatic heterocycles. The highest BCUT2D eigenvalue weighted by molar-refractivity contribution is 6.04. The summed E-state index contributed by atoms with van der Waals surface area (Å²) in [6.45, 7) is 1.98. The summed E-state index contributed by atoms with van der Waals surface area (Å²) in [4.78, 5) is 34.9. The molecule has 0 bridgehead atoms. The van der Waals surface area contributed by atoms with Gasteiger partial charge in [-0.25, -0.2) is 0 Å². The molecule has 0 aliphatic carbocycles. The van der Waals surface area contributed by atoms with Gasteiger partial charge in [0.15, 0.2) is 0 Å². The van der Waals surface area contributed by atoms with Gasteiger partial charge in [-0.15, -0.1) is 0 Å². The lowest BCUT2D eigenvalue weighted by atomic mass is 10.1. The van der Waals surface area contributed by atoms with E-state index < -0.39 is 5.97 Å². The second-order valence-electron chi connectivity index (χ2n) is 5.52. The van der Waals surface area contributed by atoms with Gasteiger partial charge in [0.05, 0.1) is 13.5 Å². The van der Waals surface area contributed by atoms with E-state index in [1.165, 1.54) is 7.11 Å². The zero-order valence-corrected chi connectivity index (χ0v) is 14.2. The summed E-state index contributed by atoms with van der Waals surface area (Å²) in [7, 11) is 1.28. The van der Waals surface area contributed by atoms with Crippen molar-refractivity contribution in [1.29, 1.82) is 0 Å². The molecule has 2 N–H and O–H groups in total. The van der Waals surface area contributed by atoms with Gasteiger partial charge in [-0.2, -0.15) is 0 Å². The largest absolute Gasteiger partial charge is 0.469 e. The maximum Gasteiger partial charge on any atom is 0.306 e. The fraction of sp³-hybridized carbons (Fsp3) is 0.211. The van der Waals surface area contributed by atoms with Gasteiger partial charge in [0.25, 0.3) is 5.91 Å². The van der Waals surface area contributed by atoms with E-state index in [0.29, 0.717) is 11.3 Å². The third-order valence-electron chi connectivity index (χ3n) is 3.52. The number of esters is 1. The first kappa shape index (κ1) is 18.2. The van der Waals surface area contributed by atoms with Crippen molar-refractivity contribution in [2.45, 2.75) is 19.8 Å². The number of amides is 2. The van der Waals surface area contributed by atoms with Crippen molar-refractivity contribution in [2.24, 2.45) is 0 Å². The van der Waals surface area contributed by atoms with Crippen LogP contribution in [0.3, 0.4) is 0 Å². The standard InChI is InChI=1S/C19H20N2O4/c1-13-3-7-16(8-4-13)21-19(24)14-5-9-15(10-6-14)20-17(22)11-12-18(23)25-2/h3-10H,11-12H2,1-2H3,(H,20,22)(H,21,24). The molecule has 2 aromatic rings. The number of carbonyl (C=O) groups is 3. The molecular weight excluding hydrogens is 320 g/mol. The van der Waals surface area contributed by atoms with Crippen LogP contribution in [0.25, 0.3) is 0 Å². The molecule has 130 valence electrons. The molecule has 0 spiro atoms. The molecule has 25 heavy (non-hydrogen) atoms. The lowest BCUT2D eigenvalue weighted by Gasteiger charge is -2.08. The Morgan fingerprint density at radius 3 is 2.00 bits per heavy atom. The van der Waals surface area contributed by atoms with Crippen molar-refractivity contribution >= 4 is 29.2 Å². The molecule has 0 fully saturated rings. The molecule has 0 aliphatic rings. The average molecular weight is 340 g/mol. The van der Waals surface area contributed by atoms with E-state index in [0.717, 1.165) is 11.3 Å². The lowest BCUT2D eigenvalue weighted by Crippen LogP contribution is -2.14. The van der Waals surface area contributed by atoms with Gasteiger partial charge < -0.3 is 15.4 Å². The van der Waals surface area contributed by atoms with E-state index in [1.807, 2.05) is 31.2 Å². The third kappa shape index (κ3) is 5.76. The van der Waals surface area contributed by atoms with E-state index >= 15 is 0 Å². The van der Waals surface area contributed by atoms with Crippen LogP contribution in [0.5, 0.6) is 0 Å². The molecule has 2 rings (SSSR count). The molecule has 6 nitrogen and oxygen atoms in total. The van der Waals surface area contributed by atoms with Crippen LogP contribution < -0.4 is 10.6 Å². The second-order valence-corrected chi connectivity index (χ2v) is 5.52. The van der Waals surface area contributed by atoms with Gasteiger partial charge in [0, 0.05) is 23.4 Å². The fourth-order valence-electron chi connectivity index (χ4n) is 2.09. The molecule has 0 heterocycles. The second kappa shape index (κ2) is 8.63. The molecular formula is C19H20N2O4. The van der Waals surface area contributed by atoms with E-state index in [-0.39, 0.29) is 24.7 Å². The summed E-state index contributed by atoms with van der Waals surface area (Å²) < 4.78 is 4.48. The summed E-state index contributed by atoms with van der Waals surface area (Å²) in [5.41, 5.74) is 2.87. The molecule has 0 atom stereocenters. The minimum absolute atomic E-state index is 0.0272. The Hall–Kier alpha value is -3.15. The van der Waals surface area contributed by atoms with E-state index in [4.69, 9.17) is 0 Å².